The molecular formula is C17H16ClF3N2O. The molecule has 128 valence electrons. The number of likely N-dealkylation sites (N-methyl/N-ethyl adjacent to an activating group) is 1. The highest BCUT2D eigenvalue weighted by Gasteiger charge is 2.21. The van der Waals surface area contributed by atoms with Gasteiger partial charge in [-0.3, -0.25) is 9.69 Å². The van der Waals surface area contributed by atoms with Gasteiger partial charge in [-0.1, -0.05) is 29.8 Å². The van der Waals surface area contributed by atoms with Gasteiger partial charge in [-0.15, -0.1) is 0 Å². The molecule has 2 rings (SSSR count). The molecule has 1 N–H and O–H groups in total. The van der Waals surface area contributed by atoms with Crippen molar-refractivity contribution in [2.24, 2.45) is 0 Å². The van der Waals surface area contributed by atoms with Gasteiger partial charge in [0, 0.05) is 11.6 Å². The van der Waals surface area contributed by atoms with E-state index in [9.17, 15) is 18.0 Å². The number of hydrogen-bond acceptors (Lipinski definition) is 2. The van der Waals surface area contributed by atoms with E-state index in [1.54, 1.807) is 31.0 Å². The maximum atomic E-state index is 13.6. The van der Waals surface area contributed by atoms with Gasteiger partial charge in [0.1, 0.15) is 0 Å². The number of rotatable bonds is 5. The van der Waals surface area contributed by atoms with Crippen LogP contribution >= 0.6 is 11.6 Å². The van der Waals surface area contributed by atoms with Crippen LogP contribution in [-0.4, -0.2) is 23.9 Å². The van der Waals surface area contributed by atoms with Crippen LogP contribution in [-0.2, 0) is 11.3 Å². The van der Waals surface area contributed by atoms with E-state index in [4.69, 9.17) is 11.6 Å². The fourth-order valence-electron chi connectivity index (χ4n) is 2.09. The average Bonchev–Trinajstić information content (AvgIpc) is 2.56. The van der Waals surface area contributed by atoms with Crippen molar-refractivity contribution in [2.75, 3.05) is 12.4 Å². The first-order valence-electron chi connectivity index (χ1n) is 7.19. The fourth-order valence-corrected chi connectivity index (χ4v) is 2.29. The number of nitrogens with one attached hydrogen (secondary N) is 1. The maximum absolute atomic E-state index is 13.6. The van der Waals surface area contributed by atoms with E-state index in [1.807, 2.05) is 12.1 Å². The molecule has 0 spiro atoms. The summed E-state index contributed by atoms with van der Waals surface area (Å²) in [5, 5.41) is 2.84. The van der Waals surface area contributed by atoms with Crippen molar-refractivity contribution in [2.45, 2.75) is 19.5 Å². The summed E-state index contributed by atoms with van der Waals surface area (Å²) in [4.78, 5) is 13.9. The van der Waals surface area contributed by atoms with Crippen LogP contribution in [0.1, 0.15) is 12.5 Å². The van der Waals surface area contributed by atoms with Gasteiger partial charge >= 0.3 is 0 Å². The minimum Gasteiger partial charge on any atom is -0.322 e. The third kappa shape index (κ3) is 4.07. The largest absolute Gasteiger partial charge is 0.322 e. The Balaban J connectivity index is 2.07. The Morgan fingerprint density at radius 1 is 1.17 bits per heavy atom. The summed E-state index contributed by atoms with van der Waals surface area (Å²) in [6, 6.07) is 8.29. The normalized spacial score (nSPS) is 12.3. The van der Waals surface area contributed by atoms with Crippen LogP contribution in [0.25, 0.3) is 0 Å². The molecule has 0 aromatic heterocycles. The molecule has 1 amide bonds. The highest BCUT2D eigenvalue weighted by atomic mass is 35.5. The molecule has 0 saturated carbocycles. The molecule has 1 atom stereocenters. The Morgan fingerprint density at radius 2 is 1.83 bits per heavy atom. The third-order valence-corrected chi connectivity index (χ3v) is 4.08. The summed E-state index contributed by atoms with van der Waals surface area (Å²) in [5.74, 6) is -4.90. The molecule has 3 nitrogen and oxygen atoms in total. The van der Waals surface area contributed by atoms with Crippen molar-refractivity contribution in [3.05, 3.63) is 64.4 Å². The van der Waals surface area contributed by atoms with Gasteiger partial charge in [0.2, 0.25) is 5.91 Å². The van der Waals surface area contributed by atoms with Crippen molar-refractivity contribution in [1.29, 1.82) is 0 Å². The number of halogens is 4. The summed E-state index contributed by atoms with van der Waals surface area (Å²) in [6.07, 6.45) is 0. The number of amides is 1. The summed E-state index contributed by atoms with van der Waals surface area (Å²) in [6.45, 7) is 2.01. The van der Waals surface area contributed by atoms with E-state index in [0.29, 0.717) is 11.6 Å². The van der Waals surface area contributed by atoms with Gasteiger partial charge in [-0.25, -0.2) is 13.2 Å². The van der Waals surface area contributed by atoms with E-state index in [0.717, 1.165) is 17.7 Å². The molecule has 2 aromatic carbocycles. The van der Waals surface area contributed by atoms with Crippen LogP contribution in [0.15, 0.2) is 36.4 Å². The minimum atomic E-state index is -1.62. The molecule has 0 heterocycles. The molecule has 24 heavy (non-hydrogen) atoms. The van der Waals surface area contributed by atoms with E-state index in [-0.39, 0.29) is 0 Å². The fraction of sp³-hybridized carbons (Fsp3) is 0.235. The number of nitrogens with zero attached hydrogens (tertiary/aromatic N) is 1. The predicted molar refractivity (Wildman–Crippen MR) is 87.3 cm³/mol. The van der Waals surface area contributed by atoms with E-state index in [2.05, 4.69) is 5.32 Å². The summed E-state index contributed by atoms with van der Waals surface area (Å²) >= 11 is 6.08. The lowest BCUT2D eigenvalue weighted by Crippen LogP contribution is -2.39. The van der Waals surface area contributed by atoms with E-state index in [1.165, 1.54) is 0 Å². The highest BCUT2D eigenvalue weighted by Crippen LogP contribution is 2.21. The van der Waals surface area contributed by atoms with Crippen LogP contribution in [0, 0.1) is 17.5 Å². The lowest BCUT2D eigenvalue weighted by atomic mass is 10.2. The van der Waals surface area contributed by atoms with Crippen LogP contribution in [0.5, 0.6) is 0 Å². The summed E-state index contributed by atoms with van der Waals surface area (Å²) in [5.41, 5.74) is 0.428. The quantitative estimate of drug-likeness (QED) is 0.814. The van der Waals surface area contributed by atoms with Crippen LogP contribution in [0.3, 0.4) is 0 Å². The molecule has 2 aromatic rings. The van der Waals surface area contributed by atoms with Crippen LogP contribution in [0.2, 0.25) is 5.02 Å². The van der Waals surface area contributed by atoms with Crippen molar-refractivity contribution in [1.82, 2.24) is 4.90 Å². The lowest BCUT2D eigenvalue weighted by Gasteiger charge is -2.24. The van der Waals surface area contributed by atoms with Crippen LogP contribution < -0.4 is 5.32 Å². The first-order valence-corrected chi connectivity index (χ1v) is 7.57. The molecule has 1 unspecified atom stereocenters. The Morgan fingerprint density at radius 3 is 2.50 bits per heavy atom. The number of benzene rings is 2. The summed E-state index contributed by atoms with van der Waals surface area (Å²) < 4.78 is 39.7. The number of carbonyl (C=O) groups is 1. The Kier molecular flexibility index (Phi) is 5.85. The molecule has 0 radical (unpaired) electrons. The molecule has 7 heteroatoms. The molecule has 0 aliphatic heterocycles. The highest BCUT2D eigenvalue weighted by molar-refractivity contribution is 6.31. The first-order chi connectivity index (χ1) is 11.3. The monoisotopic (exact) mass is 356 g/mol. The maximum Gasteiger partial charge on any atom is 0.241 e. The second-order valence-corrected chi connectivity index (χ2v) is 5.80. The standard InChI is InChI=1S/C17H16ClF3N2O/c1-10(23(2)9-11-5-3-4-6-12(11)18)17(24)22-14-8-7-13(19)15(20)16(14)21/h3-8,10H,9H2,1-2H3,(H,22,24). The van der Waals surface area contributed by atoms with Gasteiger partial charge in [-0.2, -0.15) is 0 Å². The Bertz CT molecular complexity index is 755. The van der Waals surface area contributed by atoms with Gasteiger partial charge in [0.15, 0.2) is 17.5 Å². The van der Waals surface area contributed by atoms with E-state index >= 15 is 0 Å². The molecular weight excluding hydrogens is 341 g/mol. The zero-order valence-corrected chi connectivity index (χ0v) is 13.9. The summed E-state index contributed by atoms with van der Waals surface area (Å²) in [7, 11) is 1.70. The zero-order valence-electron chi connectivity index (χ0n) is 13.1. The van der Waals surface area contributed by atoms with Gasteiger partial charge in [0.05, 0.1) is 11.7 Å². The number of hydrogen-bond donors (Lipinski definition) is 1. The predicted octanol–water partition coefficient (Wildman–Crippen LogP) is 4.22. The Labute approximate surface area is 143 Å². The van der Waals surface area contributed by atoms with Gasteiger partial charge in [0.25, 0.3) is 0 Å². The third-order valence-electron chi connectivity index (χ3n) is 3.71. The molecule has 0 aliphatic carbocycles. The number of anilines is 1. The molecule has 0 saturated heterocycles. The second kappa shape index (κ2) is 7.68. The van der Waals surface area contributed by atoms with Crippen molar-refractivity contribution in [3.8, 4) is 0 Å². The van der Waals surface area contributed by atoms with Crippen LogP contribution in [0.4, 0.5) is 18.9 Å². The number of carbonyl (C=O) groups excluding carboxylic acids is 1. The van der Waals surface area contributed by atoms with Crippen molar-refractivity contribution in [3.63, 3.8) is 0 Å². The van der Waals surface area contributed by atoms with Crippen molar-refractivity contribution < 1.29 is 18.0 Å². The average molecular weight is 357 g/mol. The van der Waals surface area contributed by atoms with Crippen molar-refractivity contribution >= 4 is 23.2 Å². The first kappa shape index (κ1) is 18.3. The second-order valence-electron chi connectivity index (χ2n) is 5.39. The topological polar surface area (TPSA) is 32.3 Å². The molecule has 0 bridgehead atoms. The SMILES string of the molecule is CC(C(=O)Nc1ccc(F)c(F)c1F)N(C)Cc1ccccc1Cl. The Hall–Kier alpha value is -2.05. The zero-order chi connectivity index (χ0) is 17.9. The van der Waals surface area contributed by atoms with Gasteiger partial charge < -0.3 is 5.32 Å². The van der Waals surface area contributed by atoms with Gasteiger partial charge in [-0.05, 0) is 37.7 Å². The smallest absolute Gasteiger partial charge is 0.241 e. The molecule has 0 aliphatic rings. The lowest BCUT2D eigenvalue weighted by molar-refractivity contribution is -0.120. The van der Waals surface area contributed by atoms with E-state index < -0.39 is 35.1 Å². The molecule has 0 fully saturated rings. The minimum absolute atomic E-state index is 0.397.